The number of rotatable bonds is 2. The molecule has 0 fully saturated rings. The third-order valence-corrected chi connectivity index (χ3v) is 11.0. The summed E-state index contributed by atoms with van der Waals surface area (Å²) in [4.78, 5) is 5.20. The zero-order chi connectivity index (χ0) is 29.3. The largest absolute Gasteiger partial charge is 0.310 e. The van der Waals surface area contributed by atoms with Crippen LogP contribution < -0.4 is 0 Å². The lowest BCUT2D eigenvalue weighted by atomic mass is 9.72. The number of aryl methyl sites for hydroxylation is 1. The molecule has 0 saturated carbocycles. The highest BCUT2D eigenvalue weighted by Crippen LogP contribution is 2.70. The van der Waals surface area contributed by atoms with Crippen molar-refractivity contribution in [2.24, 2.45) is 4.99 Å². The maximum Gasteiger partial charge on any atom is 0.0701 e. The number of aliphatic imine (C=N–C) groups is 1. The average Bonchev–Trinajstić information content (AvgIpc) is 3.73. The predicted molar refractivity (Wildman–Crippen MR) is 185 cm³/mol. The highest BCUT2D eigenvalue weighted by atomic mass is 15.0. The first-order valence-corrected chi connectivity index (χ1v) is 16.1. The van der Waals surface area contributed by atoms with Gasteiger partial charge in [0.05, 0.1) is 16.6 Å². The van der Waals surface area contributed by atoms with E-state index in [1.807, 2.05) is 0 Å². The first kappa shape index (κ1) is 23.9. The predicted octanol–water partition coefficient (Wildman–Crippen LogP) is 9.89. The Morgan fingerprint density at radius 3 is 2.53 bits per heavy atom. The lowest BCUT2D eigenvalue weighted by Gasteiger charge is -2.29. The summed E-state index contributed by atoms with van der Waals surface area (Å²) in [5, 5.41) is 1.37. The van der Waals surface area contributed by atoms with E-state index in [1.54, 1.807) is 0 Å². The number of benzene rings is 5. The van der Waals surface area contributed by atoms with Crippen molar-refractivity contribution in [3.63, 3.8) is 0 Å². The lowest BCUT2D eigenvalue weighted by molar-refractivity contribution is 0.774. The molecule has 45 heavy (non-hydrogen) atoms. The van der Waals surface area contributed by atoms with Crippen LogP contribution in [-0.4, -0.2) is 10.8 Å². The van der Waals surface area contributed by atoms with Crippen molar-refractivity contribution in [2.75, 3.05) is 0 Å². The summed E-state index contributed by atoms with van der Waals surface area (Å²) in [6.07, 6.45) is 11.5. The molecule has 4 aliphatic carbocycles. The molecular weight excluding hydrogens is 544 g/mol. The molecule has 1 spiro atoms. The van der Waals surface area contributed by atoms with E-state index in [-0.39, 0.29) is 11.3 Å². The first-order valence-electron chi connectivity index (χ1n) is 16.1. The van der Waals surface area contributed by atoms with Gasteiger partial charge >= 0.3 is 0 Å². The number of fused-ring (bicyclic) bond motifs is 8. The van der Waals surface area contributed by atoms with Gasteiger partial charge in [0.2, 0.25) is 0 Å². The van der Waals surface area contributed by atoms with E-state index in [4.69, 9.17) is 4.99 Å². The van der Waals surface area contributed by atoms with Gasteiger partial charge in [-0.15, -0.1) is 0 Å². The SMILES string of the molecule is C1=Cc2c(c3ccccc3n2-c2ccc3c(c2)C24C5=C3C=NC(c3ccccc3)=CC5c3cccc(c32)-c2ccccc24)CC1. The molecule has 2 nitrogen and oxygen atoms in total. The van der Waals surface area contributed by atoms with Gasteiger partial charge in [-0.2, -0.15) is 0 Å². The smallest absolute Gasteiger partial charge is 0.0701 e. The third kappa shape index (κ3) is 2.80. The number of hydrogen-bond donors (Lipinski definition) is 0. The highest BCUT2D eigenvalue weighted by Gasteiger charge is 2.60. The Labute approximate surface area is 262 Å². The number of aromatic nitrogens is 1. The minimum atomic E-state index is -0.332. The Bertz CT molecular complexity index is 2430. The van der Waals surface area contributed by atoms with Crippen LogP contribution in [0.1, 0.15) is 57.0 Å². The Kier molecular flexibility index (Phi) is 4.45. The molecule has 2 atom stereocenters. The van der Waals surface area contributed by atoms with Crippen LogP contribution >= 0.6 is 0 Å². The molecule has 0 radical (unpaired) electrons. The van der Waals surface area contributed by atoms with Crippen molar-refractivity contribution >= 4 is 34.5 Å². The quantitative estimate of drug-likeness (QED) is 0.196. The van der Waals surface area contributed by atoms with Crippen LogP contribution in [0.15, 0.2) is 138 Å². The Morgan fingerprint density at radius 2 is 1.58 bits per heavy atom. The van der Waals surface area contributed by atoms with Gasteiger partial charge in [0.1, 0.15) is 0 Å². The summed E-state index contributed by atoms with van der Waals surface area (Å²) >= 11 is 0. The van der Waals surface area contributed by atoms with Gasteiger partial charge in [-0.05, 0) is 98.8 Å². The number of allylic oxidation sites excluding steroid dienone is 4. The van der Waals surface area contributed by atoms with E-state index >= 15 is 0 Å². The highest BCUT2D eigenvalue weighted by molar-refractivity contribution is 6.19. The van der Waals surface area contributed by atoms with Crippen LogP contribution in [0.5, 0.6) is 0 Å². The van der Waals surface area contributed by atoms with Crippen LogP contribution in [0.25, 0.3) is 45.1 Å². The minimum Gasteiger partial charge on any atom is -0.310 e. The van der Waals surface area contributed by atoms with Gasteiger partial charge in [0, 0.05) is 34.5 Å². The average molecular weight is 573 g/mol. The van der Waals surface area contributed by atoms with Crippen LogP contribution in [0, 0.1) is 0 Å². The van der Waals surface area contributed by atoms with E-state index in [0.29, 0.717) is 0 Å². The van der Waals surface area contributed by atoms with Crippen molar-refractivity contribution in [3.05, 3.63) is 178 Å². The van der Waals surface area contributed by atoms with Crippen LogP contribution in [0.4, 0.5) is 0 Å². The second kappa shape index (κ2) is 8.37. The Balaban J connectivity index is 1.24. The molecule has 5 aromatic carbocycles. The fourth-order valence-electron chi connectivity index (χ4n) is 9.37. The number of para-hydroxylation sites is 1. The molecule has 5 aliphatic rings. The maximum absolute atomic E-state index is 5.20. The molecule has 1 aliphatic heterocycles. The van der Waals surface area contributed by atoms with E-state index in [0.717, 1.165) is 24.1 Å². The number of hydrogen-bond acceptors (Lipinski definition) is 1. The fourth-order valence-corrected chi connectivity index (χ4v) is 9.37. The summed E-state index contributed by atoms with van der Waals surface area (Å²) in [7, 11) is 0. The molecule has 2 heteroatoms. The van der Waals surface area contributed by atoms with Gasteiger partial charge < -0.3 is 4.57 Å². The molecule has 2 heterocycles. The molecule has 0 amide bonds. The second-order valence-corrected chi connectivity index (χ2v) is 12.9. The Morgan fingerprint density at radius 1 is 0.733 bits per heavy atom. The summed E-state index contributed by atoms with van der Waals surface area (Å²) in [5.74, 6) is 0.153. The van der Waals surface area contributed by atoms with Crippen molar-refractivity contribution < 1.29 is 0 Å². The minimum absolute atomic E-state index is 0.153. The van der Waals surface area contributed by atoms with Crippen LogP contribution in [0.3, 0.4) is 0 Å². The second-order valence-electron chi connectivity index (χ2n) is 12.9. The van der Waals surface area contributed by atoms with Crippen molar-refractivity contribution in [1.29, 1.82) is 0 Å². The standard InChI is InChI=1S/C43H28N2/c1-2-11-26(12-3-1)38-24-34-33-17-10-16-32-28-13-4-7-18-36(28)43(41(32)33)37-23-27(21-22-29(37)35(25-44-38)42(34)43)45-39-19-8-5-14-30(39)31-15-6-9-20-40(31)45/h1-5,7-14,16-25,34H,6,15H2. The van der Waals surface area contributed by atoms with Crippen molar-refractivity contribution in [2.45, 2.75) is 24.2 Å². The summed E-state index contributed by atoms with van der Waals surface area (Å²) in [5.41, 5.74) is 19.6. The van der Waals surface area contributed by atoms with Gasteiger partial charge in [-0.3, -0.25) is 4.99 Å². The van der Waals surface area contributed by atoms with Gasteiger partial charge in [-0.1, -0.05) is 103 Å². The molecular formula is C43H28N2. The van der Waals surface area contributed by atoms with E-state index < -0.39 is 0 Å². The summed E-state index contributed by atoms with van der Waals surface area (Å²) < 4.78 is 2.50. The zero-order valence-corrected chi connectivity index (χ0v) is 24.7. The molecule has 1 aromatic heterocycles. The van der Waals surface area contributed by atoms with Crippen LogP contribution in [0.2, 0.25) is 0 Å². The fraction of sp³-hybridized carbons (Fsp3) is 0.0930. The topological polar surface area (TPSA) is 17.3 Å². The summed E-state index contributed by atoms with van der Waals surface area (Å²) in [6, 6.07) is 42.9. The van der Waals surface area contributed by atoms with Crippen molar-refractivity contribution in [3.8, 4) is 16.8 Å². The first-order chi connectivity index (χ1) is 22.3. The zero-order valence-electron chi connectivity index (χ0n) is 24.7. The molecule has 2 unspecified atom stereocenters. The normalized spacial score (nSPS) is 20.9. The molecule has 210 valence electrons. The van der Waals surface area contributed by atoms with Gasteiger partial charge in [-0.25, -0.2) is 0 Å². The van der Waals surface area contributed by atoms with E-state index in [1.165, 1.54) is 77.9 Å². The summed E-state index contributed by atoms with van der Waals surface area (Å²) in [6.45, 7) is 0. The van der Waals surface area contributed by atoms with Gasteiger partial charge in [0.25, 0.3) is 0 Å². The monoisotopic (exact) mass is 572 g/mol. The number of nitrogens with zero attached hydrogens (tertiary/aromatic N) is 2. The molecule has 0 saturated heterocycles. The molecule has 11 rings (SSSR count). The van der Waals surface area contributed by atoms with Crippen LogP contribution in [-0.2, 0) is 11.8 Å². The molecule has 0 bridgehead atoms. The third-order valence-electron chi connectivity index (χ3n) is 11.0. The lowest BCUT2D eigenvalue weighted by Crippen LogP contribution is -2.24. The van der Waals surface area contributed by atoms with Crippen molar-refractivity contribution in [1.82, 2.24) is 4.57 Å². The Hall–Kier alpha value is -5.47. The van der Waals surface area contributed by atoms with E-state index in [2.05, 4.69) is 144 Å². The molecule has 0 N–H and O–H groups in total. The van der Waals surface area contributed by atoms with E-state index in [9.17, 15) is 0 Å². The van der Waals surface area contributed by atoms with Gasteiger partial charge in [0.15, 0.2) is 0 Å². The molecule has 6 aromatic rings. The maximum atomic E-state index is 5.20.